The van der Waals surface area contributed by atoms with Gasteiger partial charge in [0.25, 0.3) is 0 Å². The number of aliphatic hydroxyl groups excluding tert-OH is 1. The van der Waals surface area contributed by atoms with Crippen molar-refractivity contribution in [2.45, 2.75) is 71.3 Å². The molecule has 4 aliphatic carbocycles. The average Bonchev–Trinajstić information content (AvgIpc) is 3.26. The Balaban J connectivity index is 1.17. The van der Waals surface area contributed by atoms with Gasteiger partial charge in [-0.3, -0.25) is 4.79 Å². The number of hydrogen-bond donors (Lipinski definition) is 1. The van der Waals surface area contributed by atoms with Gasteiger partial charge in [0.1, 0.15) is 0 Å². The summed E-state index contributed by atoms with van der Waals surface area (Å²) >= 11 is 0. The van der Waals surface area contributed by atoms with Crippen LogP contribution in [0.5, 0.6) is 0 Å². The molecule has 0 spiro atoms. The van der Waals surface area contributed by atoms with Crippen LogP contribution in [0.15, 0.2) is 72.3 Å². The number of ketones is 1. The molecule has 2 aromatic rings. The summed E-state index contributed by atoms with van der Waals surface area (Å²) in [5.41, 5.74) is 5.41. The quantitative estimate of drug-likeness (QED) is 0.357. The molecule has 3 saturated carbocycles. The number of fused-ring (bicyclic) bond motifs is 5. The number of benzene rings is 2. The summed E-state index contributed by atoms with van der Waals surface area (Å²) in [4.78, 5) is 13.5. The van der Waals surface area contributed by atoms with Crippen LogP contribution in [-0.4, -0.2) is 17.0 Å². The minimum absolute atomic E-state index is 0.121. The third-order valence-corrected chi connectivity index (χ3v) is 10.9. The number of carbonyl (C=O) groups is 1. The number of aliphatic hydroxyl groups is 1. The van der Waals surface area contributed by atoms with E-state index in [-0.39, 0.29) is 22.9 Å². The van der Waals surface area contributed by atoms with Crippen LogP contribution in [-0.2, 0) is 4.79 Å². The number of hydrogen-bond acceptors (Lipinski definition) is 2. The molecule has 0 heterocycles. The maximum Gasteiger partial charge on any atom is 0.159 e. The summed E-state index contributed by atoms with van der Waals surface area (Å²) in [6.07, 6.45) is 14.9. The lowest BCUT2D eigenvalue weighted by Crippen LogP contribution is -2.50. The van der Waals surface area contributed by atoms with E-state index in [1.165, 1.54) is 36.0 Å². The van der Waals surface area contributed by atoms with E-state index in [1.807, 2.05) is 18.2 Å². The smallest absolute Gasteiger partial charge is 0.159 e. The Morgan fingerprint density at radius 2 is 1.64 bits per heavy atom. The first-order valence-electron chi connectivity index (χ1n) is 14.1. The lowest BCUT2D eigenvalue weighted by Gasteiger charge is -2.57. The van der Waals surface area contributed by atoms with E-state index in [0.29, 0.717) is 17.6 Å². The van der Waals surface area contributed by atoms with Gasteiger partial charge in [0.05, 0.1) is 6.10 Å². The van der Waals surface area contributed by atoms with E-state index in [9.17, 15) is 9.90 Å². The minimum Gasteiger partial charge on any atom is -0.393 e. The summed E-state index contributed by atoms with van der Waals surface area (Å²) in [6, 6.07) is 18.9. The average molecular weight is 481 g/mol. The first-order valence-corrected chi connectivity index (χ1v) is 14.1. The number of rotatable bonds is 4. The van der Waals surface area contributed by atoms with Crippen molar-refractivity contribution in [1.82, 2.24) is 0 Å². The molecule has 2 nitrogen and oxygen atoms in total. The van der Waals surface area contributed by atoms with Crippen LogP contribution in [0.3, 0.4) is 0 Å². The van der Waals surface area contributed by atoms with Crippen molar-refractivity contribution in [2.75, 3.05) is 0 Å². The Morgan fingerprint density at radius 1 is 0.889 bits per heavy atom. The highest BCUT2D eigenvalue weighted by atomic mass is 16.3. The molecule has 36 heavy (non-hydrogen) atoms. The highest BCUT2D eigenvalue weighted by Crippen LogP contribution is 2.66. The SMILES string of the molecule is C[C@]12CC[C@H]3[C@@H](CC=C4C[C@@H](O)CC[C@@]43C)[C@@H]1CC[C@@H]2C(=O)/C=C/c1ccc(-c2ccccc2)cc1. The second-order valence-electron chi connectivity index (χ2n) is 12.6. The molecule has 188 valence electrons. The van der Waals surface area contributed by atoms with Gasteiger partial charge in [-0.15, -0.1) is 0 Å². The molecule has 0 aliphatic heterocycles. The van der Waals surface area contributed by atoms with Gasteiger partial charge in [-0.2, -0.15) is 0 Å². The molecule has 6 rings (SSSR count). The Bertz CT molecular complexity index is 1180. The third kappa shape index (κ3) is 3.93. The third-order valence-electron chi connectivity index (χ3n) is 10.9. The molecule has 2 heteroatoms. The maximum atomic E-state index is 13.5. The van der Waals surface area contributed by atoms with Crippen LogP contribution >= 0.6 is 0 Å². The Morgan fingerprint density at radius 3 is 2.42 bits per heavy atom. The second kappa shape index (κ2) is 9.14. The van der Waals surface area contributed by atoms with Gasteiger partial charge in [0.15, 0.2) is 5.78 Å². The fourth-order valence-electron chi connectivity index (χ4n) is 8.82. The van der Waals surface area contributed by atoms with Crippen molar-refractivity contribution >= 4 is 11.9 Å². The molecule has 4 aliphatic rings. The highest BCUT2D eigenvalue weighted by molar-refractivity contribution is 5.96. The van der Waals surface area contributed by atoms with E-state index < -0.39 is 0 Å². The largest absolute Gasteiger partial charge is 0.393 e. The lowest BCUT2D eigenvalue weighted by molar-refractivity contribution is -0.124. The molecule has 7 atom stereocenters. The van der Waals surface area contributed by atoms with Crippen LogP contribution in [0.25, 0.3) is 17.2 Å². The van der Waals surface area contributed by atoms with E-state index in [4.69, 9.17) is 0 Å². The summed E-state index contributed by atoms with van der Waals surface area (Å²) < 4.78 is 0. The van der Waals surface area contributed by atoms with Crippen molar-refractivity contribution in [2.24, 2.45) is 34.5 Å². The zero-order valence-corrected chi connectivity index (χ0v) is 21.8. The van der Waals surface area contributed by atoms with Crippen molar-refractivity contribution in [3.8, 4) is 11.1 Å². The van der Waals surface area contributed by atoms with Gasteiger partial charge >= 0.3 is 0 Å². The Hall–Kier alpha value is -2.45. The first kappa shape index (κ1) is 23.9. The van der Waals surface area contributed by atoms with Gasteiger partial charge in [-0.05, 0) is 103 Å². The van der Waals surface area contributed by atoms with Crippen LogP contribution in [0, 0.1) is 34.5 Å². The van der Waals surface area contributed by atoms with Gasteiger partial charge in [-0.25, -0.2) is 0 Å². The van der Waals surface area contributed by atoms with Crippen molar-refractivity contribution < 1.29 is 9.90 Å². The van der Waals surface area contributed by atoms with Gasteiger partial charge in [0.2, 0.25) is 0 Å². The molecule has 0 saturated heterocycles. The summed E-state index contributed by atoms with van der Waals surface area (Å²) in [6.45, 7) is 4.91. The Kier molecular flexibility index (Phi) is 6.07. The van der Waals surface area contributed by atoms with Crippen molar-refractivity contribution in [3.05, 3.63) is 77.9 Å². The number of carbonyl (C=O) groups excluding carboxylic acids is 1. The zero-order chi connectivity index (χ0) is 24.9. The summed E-state index contributed by atoms with van der Waals surface area (Å²) in [5.74, 6) is 2.53. The first-order chi connectivity index (χ1) is 17.4. The minimum atomic E-state index is -0.149. The maximum absolute atomic E-state index is 13.5. The molecule has 0 amide bonds. The normalized spacial score (nSPS) is 37.6. The summed E-state index contributed by atoms with van der Waals surface area (Å²) in [7, 11) is 0. The lowest BCUT2D eigenvalue weighted by atomic mass is 9.47. The van der Waals surface area contributed by atoms with E-state index in [2.05, 4.69) is 68.5 Å². The van der Waals surface area contributed by atoms with Crippen LogP contribution in [0.1, 0.15) is 70.8 Å². The second-order valence-corrected chi connectivity index (χ2v) is 12.6. The van der Waals surface area contributed by atoms with Crippen LogP contribution in [0.2, 0.25) is 0 Å². The van der Waals surface area contributed by atoms with Crippen LogP contribution in [0.4, 0.5) is 0 Å². The molecule has 3 fully saturated rings. The van der Waals surface area contributed by atoms with Crippen molar-refractivity contribution in [3.63, 3.8) is 0 Å². The van der Waals surface area contributed by atoms with Gasteiger partial charge in [-0.1, -0.05) is 86.2 Å². The molecule has 0 unspecified atom stereocenters. The Labute approximate surface area is 216 Å². The molecular weight excluding hydrogens is 440 g/mol. The molecule has 0 bridgehead atoms. The monoisotopic (exact) mass is 480 g/mol. The standard InChI is InChI=1S/C34H40O2/c1-33-20-18-27(35)22-26(33)13-14-28-29-15-16-31(34(29,2)21-19-30(28)33)32(36)17-10-23-8-11-25(12-9-23)24-6-4-3-5-7-24/h3-13,17,27-31,35H,14-16,18-22H2,1-2H3/b17-10+/t27-,28-,29-,30-,31+,33-,34-/m0/s1. The number of allylic oxidation sites excluding steroid dienone is 2. The highest BCUT2D eigenvalue weighted by Gasteiger charge is 2.59. The molecular formula is C34H40O2. The van der Waals surface area contributed by atoms with Crippen LogP contribution < -0.4 is 0 Å². The van der Waals surface area contributed by atoms with Gasteiger partial charge < -0.3 is 5.11 Å². The fraction of sp³-hybridized carbons (Fsp3) is 0.500. The predicted molar refractivity (Wildman–Crippen MR) is 147 cm³/mol. The van der Waals surface area contributed by atoms with E-state index >= 15 is 0 Å². The van der Waals surface area contributed by atoms with E-state index in [1.54, 1.807) is 0 Å². The van der Waals surface area contributed by atoms with E-state index in [0.717, 1.165) is 43.6 Å². The fourth-order valence-corrected chi connectivity index (χ4v) is 8.82. The van der Waals surface area contributed by atoms with Crippen molar-refractivity contribution in [1.29, 1.82) is 0 Å². The molecule has 2 aromatic carbocycles. The topological polar surface area (TPSA) is 37.3 Å². The molecule has 1 N–H and O–H groups in total. The zero-order valence-electron chi connectivity index (χ0n) is 21.8. The molecule has 0 radical (unpaired) electrons. The summed E-state index contributed by atoms with van der Waals surface area (Å²) in [5, 5.41) is 10.3. The van der Waals surface area contributed by atoms with Gasteiger partial charge in [0, 0.05) is 5.92 Å². The predicted octanol–water partition coefficient (Wildman–Crippen LogP) is 7.88. The molecule has 0 aromatic heterocycles.